The lowest BCUT2D eigenvalue weighted by atomic mass is 10.1. The first-order valence-corrected chi connectivity index (χ1v) is 7.22. The molecule has 1 aliphatic carbocycles. The number of rotatable bonds is 7. The van der Waals surface area contributed by atoms with Crippen molar-refractivity contribution in [3.05, 3.63) is 28.7 Å². The van der Waals surface area contributed by atoms with Gasteiger partial charge in [-0.25, -0.2) is 0 Å². The third kappa shape index (κ3) is 4.16. The topological polar surface area (TPSA) is 21.3 Å². The van der Waals surface area contributed by atoms with E-state index in [1.54, 1.807) is 0 Å². The number of halogens is 2. The molecular formula is C13H17BrClNO. The van der Waals surface area contributed by atoms with Crippen molar-refractivity contribution >= 4 is 27.5 Å². The van der Waals surface area contributed by atoms with Crippen molar-refractivity contribution in [2.45, 2.75) is 12.8 Å². The first kappa shape index (κ1) is 13.2. The summed E-state index contributed by atoms with van der Waals surface area (Å²) in [6.45, 7) is 2.57. The zero-order valence-electron chi connectivity index (χ0n) is 9.72. The summed E-state index contributed by atoms with van der Waals surface area (Å²) in [4.78, 5) is 0. The summed E-state index contributed by atoms with van der Waals surface area (Å²) in [6, 6.07) is 7.90. The SMILES string of the molecule is ClCC1(CNCCOc2cccc(Br)c2)CC1. The smallest absolute Gasteiger partial charge is 0.120 e. The van der Waals surface area contributed by atoms with Gasteiger partial charge in [0.25, 0.3) is 0 Å². The Morgan fingerprint density at radius 3 is 2.88 bits per heavy atom. The summed E-state index contributed by atoms with van der Waals surface area (Å²) in [5, 5.41) is 3.40. The van der Waals surface area contributed by atoms with Crippen LogP contribution in [0, 0.1) is 5.41 Å². The van der Waals surface area contributed by atoms with Gasteiger partial charge in [0.15, 0.2) is 0 Å². The molecule has 1 aromatic rings. The third-order valence-electron chi connectivity index (χ3n) is 3.08. The molecule has 94 valence electrons. The number of hydrogen-bond acceptors (Lipinski definition) is 2. The van der Waals surface area contributed by atoms with E-state index in [-0.39, 0.29) is 0 Å². The van der Waals surface area contributed by atoms with E-state index in [9.17, 15) is 0 Å². The molecule has 1 saturated carbocycles. The van der Waals surface area contributed by atoms with Gasteiger partial charge in [0.1, 0.15) is 12.4 Å². The number of alkyl halides is 1. The van der Waals surface area contributed by atoms with Crippen LogP contribution in [-0.2, 0) is 0 Å². The maximum absolute atomic E-state index is 5.91. The molecule has 2 nitrogen and oxygen atoms in total. The Hall–Kier alpha value is -0.250. The van der Waals surface area contributed by atoms with Crippen LogP contribution in [0.1, 0.15) is 12.8 Å². The zero-order chi connectivity index (χ0) is 12.1. The highest BCUT2D eigenvalue weighted by Gasteiger charge is 2.40. The highest BCUT2D eigenvalue weighted by atomic mass is 79.9. The monoisotopic (exact) mass is 317 g/mol. The number of hydrogen-bond donors (Lipinski definition) is 1. The fraction of sp³-hybridized carbons (Fsp3) is 0.538. The van der Waals surface area contributed by atoms with Gasteiger partial charge in [0.2, 0.25) is 0 Å². The van der Waals surface area contributed by atoms with Gasteiger partial charge in [0, 0.05) is 23.4 Å². The first-order chi connectivity index (χ1) is 8.24. The molecule has 0 spiro atoms. The molecule has 1 aromatic carbocycles. The Morgan fingerprint density at radius 2 is 2.24 bits per heavy atom. The Bertz CT molecular complexity index is 368. The van der Waals surface area contributed by atoms with E-state index in [2.05, 4.69) is 21.2 Å². The van der Waals surface area contributed by atoms with Gasteiger partial charge in [-0.05, 0) is 36.5 Å². The average molecular weight is 319 g/mol. The van der Waals surface area contributed by atoms with E-state index in [1.807, 2.05) is 24.3 Å². The Labute approximate surface area is 116 Å². The number of benzene rings is 1. The average Bonchev–Trinajstić information content (AvgIpc) is 3.09. The van der Waals surface area contributed by atoms with Crippen LogP contribution in [0.15, 0.2) is 28.7 Å². The van der Waals surface area contributed by atoms with Crippen LogP contribution in [0.4, 0.5) is 0 Å². The second-order valence-electron chi connectivity index (χ2n) is 4.62. The van der Waals surface area contributed by atoms with Crippen molar-refractivity contribution in [3.8, 4) is 5.75 Å². The molecule has 0 heterocycles. The molecule has 4 heteroatoms. The second kappa shape index (κ2) is 6.07. The Morgan fingerprint density at radius 1 is 1.41 bits per heavy atom. The summed E-state index contributed by atoms with van der Waals surface area (Å²) in [6.07, 6.45) is 2.52. The van der Waals surface area contributed by atoms with Crippen LogP contribution in [-0.4, -0.2) is 25.6 Å². The van der Waals surface area contributed by atoms with Gasteiger partial charge in [0.05, 0.1) is 0 Å². The normalized spacial score (nSPS) is 16.8. The van der Waals surface area contributed by atoms with Crippen molar-refractivity contribution < 1.29 is 4.74 Å². The quantitative estimate of drug-likeness (QED) is 0.614. The highest BCUT2D eigenvalue weighted by Crippen LogP contribution is 2.45. The fourth-order valence-corrected chi connectivity index (χ4v) is 2.43. The largest absolute Gasteiger partial charge is 0.492 e. The first-order valence-electron chi connectivity index (χ1n) is 5.89. The molecule has 0 unspecified atom stereocenters. The minimum Gasteiger partial charge on any atom is -0.492 e. The predicted molar refractivity (Wildman–Crippen MR) is 74.9 cm³/mol. The molecule has 0 saturated heterocycles. The summed E-state index contributed by atoms with van der Waals surface area (Å²) in [5.41, 5.74) is 0.386. The van der Waals surface area contributed by atoms with E-state index in [0.717, 1.165) is 29.2 Å². The second-order valence-corrected chi connectivity index (χ2v) is 5.80. The third-order valence-corrected chi connectivity index (χ3v) is 4.14. The fourth-order valence-electron chi connectivity index (χ4n) is 1.69. The van der Waals surface area contributed by atoms with E-state index >= 15 is 0 Å². The van der Waals surface area contributed by atoms with Crippen LogP contribution in [0.5, 0.6) is 5.75 Å². The van der Waals surface area contributed by atoms with E-state index < -0.39 is 0 Å². The molecule has 0 bridgehead atoms. The molecule has 0 atom stereocenters. The molecule has 1 N–H and O–H groups in total. The van der Waals surface area contributed by atoms with Crippen molar-refractivity contribution in [2.75, 3.05) is 25.6 Å². The van der Waals surface area contributed by atoms with E-state index in [0.29, 0.717) is 12.0 Å². The van der Waals surface area contributed by atoms with Crippen molar-refractivity contribution in [1.82, 2.24) is 5.32 Å². The van der Waals surface area contributed by atoms with Crippen LogP contribution in [0.3, 0.4) is 0 Å². The van der Waals surface area contributed by atoms with Gasteiger partial charge >= 0.3 is 0 Å². The van der Waals surface area contributed by atoms with Crippen molar-refractivity contribution in [3.63, 3.8) is 0 Å². The van der Waals surface area contributed by atoms with Gasteiger partial charge in [-0.1, -0.05) is 22.0 Å². The predicted octanol–water partition coefficient (Wildman–Crippen LogP) is 3.44. The van der Waals surface area contributed by atoms with Crippen LogP contribution in [0.2, 0.25) is 0 Å². The highest BCUT2D eigenvalue weighted by molar-refractivity contribution is 9.10. The van der Waals surface area contributed by atoms with Gasteiger partial charge in [-0.3, -0.25) is 0 Å². The lowest BCUT2D eigenvalue weighted by Crippen LogP contribution is -2.28. The minimum atomic E-state index is 0.386. The van der Waals surface area contributed by atoms with Crippen LogP contribution >= 0.6 is 27.5 Å². The number of ether oxygens (including phenoxy) is 1. The molecule has 0 aromatic heterocycles. The van der Waals surface area contributed by atoms with Crippen LogP contribution in [0.25, 0.3) is 0 Å². The summed E-state index contributed by atoms with van der Waals surface area (Å²) >= 11 is 9.32. The van der Waals surface area contributed by atoms with Crippen molar-refractivity contribution in [1.29, 1.82) is 0 Å². The van der Waals surface area contributed by atoms with Gasteiger partial charge < -0.3 is 10.1 Å². The molecular weight excluding hydrogens is 302 g/mol. The van der Waals surface area contributed by atoms with Crippen molar-refractivity contribution in [2.24, 2.45) is 5.41 Å². The van der Waals surface area contributed by atoms with Gasteiger partial charge in [-0.15, -0.1) is 11.6 Å². The maximum Gasteiger partial charge on any atom is 0.120 e. The standard InChI is InChI=1S/C13H17BrClNO/c14-11-2-1-3-12(8-11)17-7-6-16-10-13(9-15)4-5-13/h1-3,8,16H,4-7,9-10H2. The molecule has 1 fully saturated rings. The van der Waals surface area contributed by atoms with Gasteiger partial charge in [-0.2, -0.15) is 0 Å². The Balaban J connectivity index is 1.60. The van der Waals surface area contributed by atoms with E-state index in [4.69, 9.17) is 16.3 Å². The summed E-state index contributed by atoms with van der Waals surface area (Å²) in [7, 11) is 0. The summed E-state index contributed by atoms with van der Waals surface area (Å²) < 4.78 is 6.67. The molecule has 0 amide bonds. The molecule has 17 heavy (non-hydrogen) atoms. The molecule has 1 aliphatic rings. The maximum atomic E-state index is 5.91. The minimum absolute atomic E-state index is 0.386. The Kier molecular flexibility index (Phi) is 4.71. The number of nitrogens with one attached hydrogen (secondary N) is 1. The van der Waals surface area contributed by atoms with Crippen LogP contribution < -0.4 is 10.1 Å². The lowest BCUT2D eigenvalue weighted by molar-refractivity contribution is 0.308. The van der Waals surface area contributed by atoms with E-state index in [1.165, 1.54) is 12.8 Å². The molecule has 0 radical (unpaired) electrons. The lowest BCUT2D eigenvalue weighted by Gasteiger charge is -2.12. The summed E-state index contributed by atoms with van der Waals surface area (Å²) in [5.74, 6) is 1.67. The molecule has 2 rings (SSSR count). The molecule has 0 aliphatic heterocycles. The zero-order valence-corrected chi connectivity index (χ0v) is 12.1.